The zero-order valence-electron chi connectivity index (χ0n) is 18.9. The molecule has 0 N–H and O–H groups in total. The number of fused-ring (bicyclic) bond motifs is 1. The fourth-order valence-corrected chi connectivity index (χ4v) is 5.33. The van der Waals surface area contributed by atoms with Gasteiger partial charge in [-0.25, -0.2) is 4.68 Å². The highest BCUT2D eigenvalue weighted by molar-refractivity contribution is 5.94. The number of amides is 1. The van der Waals surface area contributed by atoms with Crippen LogP contribution in [0.25, 0.3) is 5.69 Å². The molecule has 2 aliphatic rings. The molecule has 0 unspecified atom stereocenters. The van der Waals surface area contributed by atoms with Gasteiger partial charge in [0, 0.05) is 30.8 Å². The van der Waals surface area contributed by atoms with Gasteiger partial charge >= 0.3 is 5.97 Å². The van der Waals surface area contributed by atoms with Gasteiger partial charge in [-0.2, -0.15) is 5.10 Å². The predicted octanol–water partition coefficient (Wildman–Crippen LogP) is 4.25. The third-order valence-corrected chi connectivity index (χ3v) is 7.19. The standard InChI is InChI=1S/C25H33N3O3/c1-17-23(12-13-24(29)31-3)18(2)28(26-17)22-10-8-20(9-11-22)25(30)27-15-14-19-6-4-5-7-21(19)16-27/h8-11,19,21H,4-7,12-16H2,1-3H3/t19-,21-/m0/s1. The third-order valence-electron chi connectivity index (χ3n) is 7.19. The molecule has 6 nitrogen and oxygen atoms in total. The molecule has 1 saturated heterocycles. The molecular formula is C25H33N3O3. The van der Waals surface area contributed by atoms with Crippen molar-refractivity contribution in [2.45, 2.75) is 58.8 Å². The van der Waals surface area contributed by atoms with E-state index in [2.05, 4.69) is 10.00 Å². The molecule has 1 saturated carbocycles. The van der Waals surface area contributed by atoms with Gasteiger partial charge in [-0.3, -0.25) is 9.59 Å². The van der Waals surface area contributed by atoms with Crippen LogP contribution < -0.4 is 0 Å². The van der Waals surface area contributed by atoms with E-state index >= 15 is 0 Å². The summed E-state index contributed by atoms with van der Waals surface area (Å²) in [7, 11) is 1.41. The quantitative estimate of drug-likeness (QED) is 0.675. The molecule has 4 rings (SSSR count). The number of esters is 1. The first-order chi connectivity index (χ1) is 15.0. The first-order valence-electron chi connectivity index (χ1n) is 11.5. The fraction of sp³-hybridized carbons (Fsp3) is 0.560. The number of likely N-dealkylation sites (tertiary alicyclic amines) is 1. The Morgan fingerprint density at radius 3 is 2.48 bits per heavy atom. The van der Waals surface area contributed by atoms with Crippen LogP contribution in [0.3, 0.4) is 0 Å². The average Bonchev–Trinajstić information content (AvgIpc) is 3.09. The van der Waals surface area contributed by atoms with Crippen molar-refractivity contribution in [2.75, 3.05) is 20.2 Å². The van der Waals surface area contributed by atoms with E-state index in [9.17, 15) is 9.59 Å². The van der Waals surface area contributed by atoms with E-state index in [0.717, 1.165) is 53.6 Å². The number of carbonyl (C=O) groups excluding carboxylic acids is 2. The number of nitrogens with zero attached hydrogens (tertiary/aromatic N) is 3. The van der Waals surface area contributed by atoms with E-state index in [1.165, 1.54) is 32.8 Å². The summed E-state index contributed by atoms with van der Waals surface area (Å²) in [5, 5.41) is 4.66. The summed E-state index contributed by atoms with van der Waals surface area (Å²) in [6.07, 6.45) is 7.37. The summed E-state index contributed by atoms with van der Waals surface area (Å²) in [6.45, 7) is 5.76. The van der Waals surface area contributed by atoms with Crippen LogP contribution in [0.1, 0.15) is 65.8 Å². The minimum absolute atomic E-state index is 0.141. The van der Waals surface area contributed by atoms with Crippen molar-refractivity contribution in [2.24, 2.45) is 11.8 Å². The van der Waals surface area contributed by atoms with Crippen LogP contribution in [-0.4, -0.2) is 46.8 Å². The lowest BCUT2D eigenvalue weighted by molar-refractivity contribution is -0.140. The zero-order valence-corrected chi connectivity index (χ0v) is 18.9. The number of aromatic nitrogens is 2. The average molecular weight is 424 g/mol. The predicted molar refractivity (Wildman–Crippen MR) is 119 cm³/mol. The lowest BCUT2D eigenvalue weighted by Crippen LogP contribution is -2.44. The maximum atomic E-state index is 13.1. The highest BCUT2D eigenvalue weighted by Crippen LogP contribution is 2.36. The Labute approximate surface area is 184 Å². The molecule has 0 spiro atoms. The molecule has 1 aliphatic carbocycles. The second kappa shape index (κ2) is 9.25. The molecule has 6 heteroatoms. The molecule has 2 heterocycles. The highest BCUT2D eigenvalue weighted by Gasteiger charge is 2.33. The molecule has 0 bridgehead atoms. The second-order valence-corrected chi connectivity index (χ2v) is 9.03. The SMILES string of the molecule is COC(=O)CCc1c(C)nn(-c2ccc(C(=O)N3CC[C@@H]4CCCC[C@H]4C3)cc2)c1C. The number of benzene rings is 1. The lowest BCUT2D eigenvalue weighted by Gasteiger charge is -2.41. The lowest BCUT2D eigenvalue weighted by atomic mass is 9.75. The van der Waals surface area contributed by atoms with E-state index in [-0.39, 0.29) is 11.9 Å². The van der Waals surface area contributed by atoms with Crippen molar-refractivity contribution in [1.29, 1.82) is 0 Å². The van der Waals surface area contributed by atoms with Crippen molar-refractivity contribution in [3.05, 3.63) is 46.8 Å². The Morgan fingerprint density at radius 2 is 1.77 bits per heavy atom. The van der Waals surface area contributed by atoms with Gasteiger partial charge in [-0.15, -0.1) is 0 Å². The summed E-state index contributed by atoms with van der Waals surface area (Å²) in [5.74, 6) is 1.43. The van der Waals surface area contributed by atoms with Gasteiger partial charge in [0.25, 0.3) is 5.91 Å². The summed E-state index contributed by atoms with van der Waals surface area (Å²) in [4.78, 5) is 26.6. The summed E-state index contributed by atoms with van der Waals surface area (Å²) >= 11 is 0. The molecule has 1 aromatic carbocycles. The van der Waals surface area contributed by atoms with Gasteiger partial charge in [0.2, 0.25) is 0 Å². The van der Waals surface area contributed by atoms with Gasteiger partial charge in [-0.05, 0) is 74.8 Å². The van der Waals surface area contributed by atoms with E-state index in [1.807, 2.05) is 42.8 Å². The molecular weight excluding hydrogens is 390 g/mol. The summed E-state index contributed by atoms with van der Waals surface area (Å²) in [6, 6.07) is 7.75. The van der Waals surface area contributed by atoms with Gasteiger partial charge in [0.15, 0.2) is 0 Å². The summed E-state index contributed by atoms with van der Waals surface area (Å²) in [5.41, 5.74) is 4.66. The maximum absolute atomic E-state index is 13.1. The normalized spacial score (nSPS) is 20.9. The molecule has 2 fully saturated rings. The topological polar surface area (TPSA) is 64.4 Å². The third kappa shape index (κ3) is 4.53. The smallest absolute Gasteiger partial charge is 0.305 e. The molecule has 166 valence electrons. The van der Waals surface area contributed by atoms with Crippen LogP contribution in [0.5, 0.6) is 0 Å². The van der Waals surface area contributed by atoms with Crippen LogP contribution in [0.2, 0.25) is 0 Å². The molecule has 1 aliphatic heterocycles. The first kappa shape index (κ1) is 21.6. The number of carbonyl (C=O) groups is 2. The molecule has 0 radical (unpaired) electrons. The number of hydrogen-bond acceptors (Lipinski definition) is 4. The van der Waals surface area contributed by atoms with Gasteiger partial charge in [0.05, 0.1) is 18.5 Å². The van der Waals surface area contributed by atoms with E-state index in [0.29, 0.717) is 18.8 Å². The number of ether oxygens (including phenoxy) is 1. The number of rotatable bonds is 5. The Hall–Kier alpha value is -2.63. The Balaban J connectivity index is 1.46. The highest BCUT2D eigenvalue weighted by atomic mass is 16.5. The van der Waals surface area contributed by atoms with Crippen LogP contribution >= 0.6 is 0 Å². The second-order valence-electron chi connectivity index (χ2n) is 9.03. The van der Waals surface area contributed by atoms with Crippen molar-refractivity contribution >= 4 is 11.9 Å². The molecule has 1 amide bonds. The van der Waals surface area contributed by atoms with Gasteiger partial charge in [0.1, 0.15) is 0 Å². The van der Waals surface area contributed by atoms with E-state index < -0.39 is 0 Å². The van der Waals surface area contributed by atoms with Crippen molar-refractivity contribution in [1.82, 2.24) is 14.7 Å². The van der Waals surface area contributed by atoms with Crippen LogP contribution in [-0.2, 0) is 16.0 Å². The van der Waals surface area contributed by atoms with Gasteiger partial charge < -0.3 is 9.64 Å². The monoisotopic (exact) mass is 423 g/mol. The summed E-state index contributed by atoms with van der Waals surface area (Å²) < 4.78 is 6.65. The van der Waals surface area contributed by atoms with E-state index in [4.69, 9.17) is 4.74 Å². The molecule has 1 aromatic heterocycles. The molecule has 31 heavy (non-hydrogen) atoms. The zero-order chi connectivity index (χ0) is 22.0. The van der Waals surface area contributed by atoms with Crippen LogP contribution in [0.15, 0.2) is 24.3 Å². The maximum Gasteiger partial charge on any atom is 0.305 e. The molecule has 2 aromatic rings. The number of aryl methyl sites for hydroxylation is 1. The van der Waals surface area contributed by atoms with Crippen molar-refractivity contribution in [3.8, 4) is 5.69 Å². The van der Waals surface area contributed by atoms with Gasteiger partial charge in [-0.1, -0.05) is 19.3 Å². The van der Waals surface area contributed by atoms with Crippen LogP contribution in [0, 0.1) is 25.7 Å². The van der Waals surface area contributed by atoms with Crippen molar-refractivity contribution in [3.63, 3.8) is 0 Å². The van der Waals surface area contributed by atoms with Crippen LogP contribution in [0.4, 0.5) is 0 Å². The Bertz CT molecular complexity index is 948. The number of piperidine rings is 1. The largest absolute Gasteiger partial charge is 0.469 e. The molecule has 2 atom stereocenters. The minimum Gasteiger partial charge on any atom is -0.469 e. The minimum atomic E-state index is -0.216. The Morgan fingerprint density at radius 1 is 1.06 bits per heavy atom. The first-order valence-corrected chi connectivity index (χ1v) is 11.5. The number of methoxy groups -OCH3 is 1. The van der Waals surface area contributed by atoms with Crippen molar-refractivity contribution < 1.29 is 14.3 Å². The fourth-order valence-electron chi connectivity index (χ4n) is 5.33. The number of hydrogen-bond donors (Lipinski definition) is 0. The van der Waals surface area contributed by atoms with E-state index in [1.54, 1.807) is 0 Å². The Kier molecular flexibility index (Phi) is 6.44.